The van der Waals surface area contributed by atoms with Crippen LogP contribution in [0.2, 0.25) is 5.02 Å². The van der Waals surface area contributed by atoms with Gasteiger partial charge in [-0.3, -0.25) is 28.9 Å². The average molecular weight is 585 g/mol. The van der Waals surface area contributed by atoms with Crippen molar-refractivity contribution in [2.45, 2.75) is 38.3 Å². The van der Waals surface area contributed by atoms with Gasteiger partial charge in [-0.15, -0.1) is 0 Å². The lowest BCUT2D eigenvalue weighted by molar-refractivity contribution is -0.119. The van der Waals surface area contributed by atoms with Crippen molar-refractivity contribution in [1.29, 1.82) is 5.41 Å². The van der Waals surface area contributed by atoms with Gasteiger partial charge in [-0.1, -0.05) is 11.6 Å². The van der Waals surface area contributed by atoms with Crippen LogP contribution in [0.3, 0.4) is 0 Å². The van der Waals surface area contributed by atoms with Gasteiger partial charge in [0.05, 0.1) is 24.3 Å². The van der Waals surface area contributed by atoms with E-state index in [0.29, 0.717) is 44.5 Å². The Labute approximate surface area is 246 Å². The lowest BCUT2D eigenvalue weighted by Crippen LogP contribution is -2.34. The highest BCUT2D eigenvalue weighted by atomic mass is 35.5. The lowest BCUT2D eigenvalue weighted by Gasteiger charge is -2.21. The molecule has 0 bridgehead atoms. The molecule has 10 nitrogen and oxygen atoms in total. The Kier molecular flexibility index (Phi) is 8.44. The standard InChI is InChI=1S/C31H29ClN6O4/c1-18(39)23-7-3-19(32)13-24(23)25-16-30(40)38(17-29(25)42-2)28(14-20(33)9-10-34-21-4-5-21)31(41)37-22-6-8-26-27(15-22)36-12-11-35-26/h3,6-13,15-17,21,28,33-34H,4-5,14H2,1-2H3,(H,37,41)/b10-9-,33-20?. The Balaban J connectivity index is 1.53. The maximum Gasteiger partial charge on any atom is 0.252 e. The number of allylic oxidation sites excluding steroid dienone is 1. The molecule has 0 spiro atoms. The lowest BCUT2D eigenvalue weighted by atomic mass is 9.97. The van der Waals surface area contributed by atoms with E-state index >= 15 is 0 Å². The molecule has 11 heteroatoms. The SMILES string of the molecule is COc1cn(C(CC(=N)/C=C\NC2CC2)C(=O)Nc2ccc3nccnc3c2)c(=O)cc1-c1cc(Cl)ccc1C(C)=O. The smallest absolute Gasteiger partial charge is 0.252 e. The quantitative estimate of drug-likeness (QED) is 0.163. The normalized spacial score (nSPS) is 13.6. The zero-order valence-corrected chi connectivity index (χ0v) is 23.8. The Morgan fingerprint density at radius 2 is 1.88 bits per heavy atom. The minimum atomic E-state index is -1.09. The first-order valence-corrected chi connectivity index (χ1v) is 13.7. The number of nitrogens with one attached hydrogen (secondary N) is 3. The monoisotopic (exact) mass is 584 g/mol. The number of benzene rings is 2. The van der Waals surface area contributed by atoms with Crippen molar-refractivity contribution in [3.05, 3.63) is 94.3 Å². The van der Waals surface area contributed by atoms with Crippen molar-refractivity contribution in [3.63, 3.8) is 0 Å². The van der Waals surface area contributed by atoms with Crippen molar-refractivity contribution in [2.24, 2.45) is 0 Å². The summed E-state index contributed by atoms with van der Waals surface area (Å²) < 4.78 is 6.87. The number of Topliss-reactive ketones (excluding diaryl/α,β-unsaturated/α-hetero) is 1. The first kappa shape index (κ1) is 28.7. The number of carbonyl (C=O) groups is 2. The number of amides is 1. The predicted molar refractivity (Wildman–Crippen MR) is 163 cm³/mol. The van der Waals surface area contributed by atoms with Crippen molar-refractivity contribution >= 4 is 45.7 Å². The Bertz CT molecular complexity index is 1780. The van der Waals surface area contributed by atoms with Crippen LogP contribution in [0.15, 0.2) is 78.1 Å². The number of pyridine rings is 1. The molecule has 2 heterocycles. The topological polar surface area (TPSA) is 139 Å². The second-order valence-corrected chi connectivity index (χ2v) is 10.5. The fourth-order valence-corrected chi connectivity index (χ4v) is 4.76. The van der Waals surface area contributed by atoms with Crippen LogP contribution in [0.25, 0.3) is 22.2 Å². The van der Waals surface area contributed by atoms with Crippen LogP contribution >= 0.6 is 11.6 Å². The molecule has 0 aliphatic heterocycles. The van der Waals surface area contributed by atoms with Crippen molar-refractivity contribution in [2.75, 3.05) is 12.4 Å². The first-order valence-electron chi connectivity index (χ1n) is 13.4. The van der Waals surface area contributed by atoms with E-state index in [1.807, 2.05) is 0 Å². The van der Waals surface area contributed by atoms with Crippen molar-refractivity contribution in [3.8, 4) is 16.9 Å². The molecule has 2 aromatic heterocycles. The number of hydrogen-bond acceptors (Lipinski definition) is 8. The number of hydrogen-bond donors (Lipinski definition) is 3. The van der Waals surface area contributed by atoms with Gasteiger partial charge in [0.2, 0.25) is 5.91 Å². The third-order valence-corrected chi connectivity index (χ3v) is 7.13. The zero-order chi connectivity index (χ0) is 29.8. The number of rotatable bonds is 11. The second-order valence-electron chi connectivity index (χ2n) is 10.0. The number of carbonyl (C=O) groups excluding carboxylic acids is 2. The van der Waals surface area contributed by atoms with E-state index in [4.69, 9.17) is 21.7 Å². The molecule has 4 aromatic rings. The molecule has 214 valence electrons. The predicted octanol–water partition coefficient (Wildman–Crippen LogP) is 5.18. The highest BCUT2D eigenvalue weighted by Gasteiger charge is 2.26. The number of ether oxygens (including phenoxy) is 1. The number of methoxy groups -OCH3 is 1. The first-order chi connectivity index (χ1) is 20.2. The average Bonchev–Trinajstić information content (AvgIpc) is 3.80. The summed E-state index contributed by atoms with van der Waals surface area (Å²) in [5, 5.41) is 15.0. The van der Waals surface area contributed by atoms with Gasteiger partial charge in [0.25, 0.3) is 5.56 Å². The Morgan fingerprint density at radius 1 is 1.12 bits per heavy atom. The number of ketones is 1. The number of anilines is 1. The highest BCUT2D eigenvalue weighted by molar-refractivity contribution is 6.31. The summed E-state index contributed by atoms with van der Waals surface area (Å²) in [4.78, 5) is 48.2. The second kappa shape index (κ2) is 12.4. The third kappa shape index (κ3) is 6.55. The fourth-order valence-electron chi connectivity index (χ4n) is 4.59. The molecule has 2 aromatic carbocycles. The van der Waals surface area contributed by atoms with Crippen molar-refractivity contribution < 1.29 is 14.3 Å². The van der Waals surface area contributed by atoms with E-state index in [0.717, 1.165) is 12.8 Å². The van der Waals surface area contributed by atoms with Gasteiger partial charge in [-0.2, -0.15) is 0 Å². The van der Waals surface area contributed by atoms with Gasteiger partial charge < -0.3 is 20.8 Å². The molecule has 1 unspecified atom stereocenters. The minimum Gasteiger partial charge on any atom is -0.495 e. The molecule has 3 N–H and O–H groups in total. The van der Waals surface area contributed by atoms with Gasteiger partial charge in [0, 0.05) is 58.5 Å². The summed E-state index contributed by atoms with van der Waals surface area (Å²) in [6, 6.07) is 10.6. The van der Waals surface area contributed by atoms with Crippen molar-refractivity contribution in [1.82, 2.24) is 19.9 Å². The molecular weight excluding hydrogens is 556 g/mol. The molecule has 0 radical (unpaired) electrons. The maximum absolute atomic E-state index is 13.7. The van der Waals surface area contributed by atoms with E-state index in [1.165, 1.54) is 30.9 Å². The molecule has 0 saturated heterocycles. The van der Waals surface area contributed by atoms with Gasteiger partial charge in [0.1, 0.15) is 11.8 Å². The molecule has 42 heavy (non-hydrogen) atoms. The Hall–Kier alpha value is -4.83. The molecule has 1 amide bonds. The maximum atomic E-state index is 13.7. The summed E-state index contributed by atoms with van der Waals surface area (Å²) in [7, 11) is 1.44. The summed E-state index contributed by atoms with van der Waals surface area (Å²) >= 11 is 6.23. The van der Waals surface area contributed by atoms with E-state index in [9.17, 15) is 14.4 Å². The van der Waals surface area contributed by atoms with Crippen LogP contribution in [0.5, 0.6) is 5.75 Å². The van der Waals surface area contributed by atoms with Gasteiger partial charge in [-0.25, -0.2) is 0 Å². The van der Waals surface area contributed by atoms with Crippen LogP contribution in [-0.4, -0.2) is 45.1 Å². The van der Waals surface area contributed by atoms with E-state index in [-0.39, 0.29) is 23.7 Å². The highest BCUT2D eigenvalue weighted by Crippen LogP contribution is 2.34. The molecule has 1 aliphatic rings. The van der Waals surface area contributed by atoms with E-state index in [2.05, 4.69) is 20.6 Å². The van der Waals surface area contributed by atoms with Crippen LogP contribution in [-0.2, 0) is 4.79 Å². The van der Waals surface area contributed by atoms with Crippen LogP contribution in [0.4, 0.5) is 5.69 Å². The largest absolute Gasteiger partial charge is 0.495 e. The molecule has 1 atom stereocenters. The van der Waals surface area contributed by atoms with Crippen LogP contribution in [0, 0.1) is 5.41 Å². The van der Waals surface area contributed by atoms with E-state index < -0.39 is 17.5 Å². The Morgan fingerprint density at radius 3 is 2.60 bits per heavy atom. The van der Waals surface area contributed by atoms with Gasteiger partial charge in [-0.05, 0) is 74.0 Å². The number of aromatic nitrogens is 3. The summed E-state index contributed by atoms with van der Waals surface area (Å²) in [6.07, 6.45) is 9.96. The molecular formula is C31H29ClN6O4. The van der Waals surface area contributed by atoms with Crippen LogP contribution in [0.1, 0.15) is 42.6 Å². The van der Waals surface area contributed by atoms with Crippen LogP contribution < -0.4 is 20.9 Å². The molecule has 1 fully saturated rings. The summed E-state index contributed by atoms with van der Waals surface area (Å²) in [5.74, 6) is -0.448. The third-order valence-electron chi connectivity index (χ3n) is 6.90. The van der Waals surface area contributed by atoms with E-state index in [1.54, 1.807) is 61.1 Å². The summed E-state index contributed by atoms with van der Waals surface area (Å²) in [5.41, 5.74) is 2.55. The molecule has 1 aliphatic carbocycles. The minimum absolute atomic E-state index is 0.0691. The number of nitrogens with zero attached hydrogens (tertiary/aromatic N) is 3. The molecule has 1 saturated carbocycles. The summed E-state index contributed by atoms with van der Waals surface area (Å²) in [6.45, 7) is 1.43. The number of fused-ring (bicyclic) bond motifs is 1. The molecule has 5 rings (SSSR count). The van der Waals surface area contributed by atoms with Gasteiger partial charge >= 0.3 is 0 Å². The number of halogens is 1. The zero-order valence-electron chi connectivity index (χ0n) is 23.1. The fraction of sp³-hybridized carbons (Fsp3) is 0.226. The van der Waals surface area contributed by atoms with Gasteiger partial charge in [0.15, 0.2) is 5.78 Å².